The van der Waals surface area contributed by atoms with Gasteiger partial charge in [-0.1, -0.05) is 20.8 Å². The molecule has 4 atom stereocenters. The summed E-state index contributed by atoms with van der Waals surface area (Å²) < 4.78 is 0. The van der Waals surface area contributed by atoms with Gasteiger partial charge in [0.2, 0.25) is 11.8 Å². The topological polar surface area (TPSA) is 75.4 Å². The van der Waals surface area contributed by atoms with Crippen molar-refractivity contribution in [1.82, 2.24) is 10.2 Å². The summed E-state index contributed by atoms with van der Waals surface area (Å²) in [6.45, 7) is 7.07. The second kappa shape index (κ2) is 5.95. The van der Waals surface area contributed by atoms with E-state index in [1.807, 2.05) is 0 Å². The second-order valence-corrected chi connectivity index (χ2v) is 7.42. The summed E-state index contributed by atoms with van der Waals surface area (Å²) in [6.07, 6.45) is 3.03. The molecule has 1 saturated heterocycles. The molecule has 0 spiro atoms. The maximum absolute atomic E-state index is 12.7. The number of likely N-dealkylation sites (N-methyl/N-ethyl adjacent to an activating group) is 1. The van der Waals surface area contributed by atoms with Crippen LogP contribution in [0.15, 0.2) is 0 Å². The SMILES string of the molecule is CC1C(N)CCC(C(=O)NC2CCC(=O)N(C)C2)C1(C)C. The van der Waals surface area contributed by atoms with Gasteiger partial charge in [-0.25, -0.2) is 0 Å². The van der Waals surface area contributed by atoms with Crippen LogP contribution < -0.4 is 11.1 Å². The van der Waals surface area contributed by atoms with Gasteiger partial charge in [-0.3, -0.25) is 9.59 Å². The molecule has 1 heterocycles. The quantitative estimate of drug-likeness (QED) is 0.801. The van der Waals surface area contributed by atoms with Gasteiger partial charge in [0, 0.05) is 38.0 Å². The number of likely N-dealkylation sites (tertiary alicyclic amines) is 1. The van der Waals surface area contributed by atoms with Crippen LogP contribution in [-0.4, -0.2) is 42.4 Å². The Bertz CT molecular complexity index is 422. The zero-order valence-electron chi connectivity index (χ0n) is 13.7. The molecule has 2 amide bonds. The van der Waals surface area contributed by atoms with E-state index in [4.69, 9.17) is 5.73 Å². The van der Waals surface area contributed by atoms with Gasteiger partial charge in [-0.15, -0.1) is 0 Å². The van der Waals surface area contributed by atoms with Crippen LogP contribution in [0.5, 0.6) is 0 Å². The Hall–Kier alpha value is -1.10. The molecule has 1 saturated carbocycles. The van der Waals surface area contributed by atoms with Crippen molar-refractivity contribution < 1.29 is 9.59 Å². The number of carbonyl (C=O) groups excluding carboxylic acids is 2. The van der Waals surface area contributed by atoms with Gasteiger partial charge in [0.1, 0.15) is 0 Å². The highest BCUT2D eigenvalue weighted by Gasteiger charge is 2.45. The Labute approximate surface area is 127 Å². The third-order valence-electron chi connectivity index (χ3n) is 5.79. The lowest BCUT2D eigenvalue weighted by Gasteiger charge is -2.46. The van der Waals surface area contributed by atoms with Crippen LogP contribution >= 0.6 is 0 Å². The molecule has 0 radical (unpaired) electrons. The van der Waals surface area contributed by atoms with Crippen molar-refractivity contribution in [2.24, 2.45) is 23.0 Å². The summed E-state index contributed by atoms with van der Waals surface area (Å²) in [7, 11) is 1.80. The highest BCUT2D eigenvalue weighted by molar-refractivity contribution is 5.81. The van der Waals surface area contributed by atoms with Crippen LogP contribution in [0, 0.1) is 17.3 Å². The number of nitrogens with two attached hydrogens (primary N) is 1. The van der Waals surface area contributed by atoms with Gasteiger partial charge in [0.25, 0.3) is 0 Å². The molecule has 0 aromatic carbocycles. The van der Waals surface area contributed by atoms with E-state index in [0.717, 1.165) is 19.3 Å². The van der Waals surface area contributed by atoms with Crippen LogP contribution in [0.2, 0.25) is 0 Å². The molecule has 5 heteroatoms. The Morgan fingerprint density at radius 2 is 2.00 bits per heavy atom. The monoisotopic (exact) mass is 295 g/mol. The van der Waals surface area contributed by atoms with Crippen molar-refractivity contribution in [3.63, 3.8) is 0 Å². The van der Waals surface area contributed by atoms with Gasteiger partial charge < -0.3 is 16.0 Å². The van der Waals surface area contributed by atoms with Crippen molar-refractivity contribution in [3.8, 4) is 0 Å². The molecule has 4 unspecified atom stereocenters. The predicted molar refractivity (Wildman–Crippen MR) is 82.4 cm³/mol. The summed E-state index contributed by atoms with van der Waals surface area (Å²) in [6, 6.07) is 0.268. The molecule has 0 aromatic rings. The molecule has 1 aliphatic carbocycles. The minimum atomic E-state index is -0.0852. The Morgan fingerprint density at radius 3 is 2.62 bits per heavy atom. The number of carbonyl (C=O) groups is 2. The molecule has 2 aliphatic rings. The minimum Gasteiger partial charge on any atom is -0.351 e. The Kier molecular flexibility index (Phi) is 4.61. The van der Waals surface area contributed by atoms with Crippen LogP contribution in [-0.2, 0) is 9.59 Å². The highest BCUT2D eigenvalue weighted by Crippen LogP contribution is 2.44. The fourth-order valence-electron chi connectivity index (χ4n) is 3.75. The zero-order valence-corrected chi connectivity index (χ0v) is 13.7. The van der Waals surface area contributed by atoms with Gasteiger partial charge in [-0.2, -0.15) is 0 Å². The average Bonchev–Trinajstić information content (AvgIpc) is 2.40. The fraction of sp³-hybridized carbons (Fsp3) is 0.875. The second-order valence-electron chi connectivity index (χ2n) is 7.42. The summed E-state index contributed by atoms with van der Waals surface area (Å²) in [5.74, 6) is 0.637. The molecule has 120 valence electrons. The first kappa shape index (κ1) is 16.3. The first-order chi connectivity index (χ1) is 9.73. The molecule has 2 fully saturated rings. The molecular weight excluding hydrogens is 266 g/mol. The van der Waals surface area contributed by atoms with E-state index in [1.54, 1.807) is 11.9 Å². The highest BCUT2D eigenvalue weighted by atomic mass is 16.2. The number of hydrogen-bond donors (Lipinski definition) is 2. The van der Waals surface area contributed by atoms with Gasteiger partial charge in [0.15, 0.2) is 0 Å². The summed E-state index contributed by atoms with van der Waals surface area (Å²) in [4.78, 5) is 25.9. The van der Waals surface area contributed by atoms with Crippen molar-refractivity contribution in [2.45, 2.75) is 58.5 Å². The first-order valence-corrected chi connectivity index (χ1v) is 8.03. The van der Waals surface area contributed by atoms with Crippen LogP contribution in [0.1, 0.15) is 46.5 Å². The molecule has 0 bridgehead atoms. The smallest absolute Gasteiger partial charge is 0.223 e. The minimum absolute atomic E-state index is 0.00948. The van der Waals surface area contributed by atoms with E-state index in [2.05, 4.69) is 26.1 Å². The van der Waals surface area contributed by atoms with Crippen LogP contribution in [0.3, 0.4) is 0 Å². The van der Waals surface area contributed by atoms with Crippen molar-refractivity contribution >= 4 is 11.8 Å². The maximum Gasteiger partial charge on any atom is 0.223 e. The van der Waals surface area contributed by atoms with E-state index in [-0.39, 0.29) is 35.2 Å². The standard InChI is InChI=1S/C16H29N3O2/c1-10-13(17)7-6-12(16(10,2)3)15(21)18-11-5-8-14(20)19(4)9-11/h10-13H,5-9,17H2,1-4H3,(H,18,21). The van der Waals surface area contributed by atoms with E-state index in [0.29, 0.717) is 18.9 Å². The molecule has 2 rings (SSSR count). The van der Waals surface area contributed by atoms with Crippen molar-refractivity contribution in [1.29, 1.82) is 0 Å². The number of hydrogen-bond acceptors (Lipinski definition) is 3. The molecule has 3 N–H and O–H groups in total. The number of nitrogens with zero attached hydrogens (tertiary/aromatic N) is 1. The van der Waals surface area contributed by atoms with Crippen molar-refractivity contribution in [3.05, 3.63) is 0 Å². The predicted octanol–water partition coefficient (Wildman–Crippen LogP) is 1.12. The normalized spacial score (nSPS) is 36.4. The lowest BCUT2D eigenvalue weighted by molar-refractivity contribution is -0.137. The van der Waals surface area contributed by atoms with E-state index >= 15 is 0 Å². The lowest BCUT2D eigenvalue weighted by Crippen LogP contribution is -2.55. The van der Waals surface area contributed by atoms with E-state index < -0.39 is 0 Å². The van der Waals surface area contributed by atoms with Crippen LogP contribution in [0.25, 0.3) is 0 Å². The largest absolute Gasteiger partial charge is 0.351 e. The Morgan fingerprint density at radius 1 is 1.33 bits per heavy atom. The summed E-state index contributed by atoms with van der Waals surface area (Å²) >= 11 is 0. The van der Waals surface area contributed by atoms with E-state index in [1.165, 1.54) is 0 Å². The first-order valence-electron chi connectivity index (χ1n) is 8.03. The fourth-order valence-corrected chi connectivity index (χ4v) is 3.75. The maximum atomic E-state index is 12.7. The molecule has 21 heavy (non-hydrogen) atoms. The van der Waals surface area contributed by atoms with Gasteiger partial charge in [-0.05, 0) is 30.6 Å². The van der Waals surface area contributed by atoms with E-state index in [9.17, 15) is 9.59 Å². The van der Waals surface area contributed by atoms with Crippen LogP contribution in [0.4, 0.5) is 0 Å². The number of piperidine rings is 1. The molecule has 5 nitrogen and oxygen atoms in total. The molecule has 1 aliphatic heterocycles. The number of amides is 2. The average molecular weight is 295 g/mol. The van der Waals surface area contributed by atoms with Gasteiger partial charge >= 0.3 is 0 Å². The summed E-state index contributed by atoms with van der Waals surface area (Å²) in [5, 5.41) is 3.16. The number of rotatable bonds is 2. The van der Waals surface area contributed by atoms with Crippen molar-refractivity contribution in [2.75, 3.05) is 13.6 Å². The van der Waals surface area contributed by atoms with Gasteiger partial charge in [0.05, 0.1) is 0 Å². The lowest BCUT2D eigenvalue weighted by atomic mass is 9.61. The molecule has 0 aromatic heterocycles. The third-order valence-corrected chi connectivity index (χ3v) is 5.79. The summed E-state index contributed by atoms with van der Waals surface area (Å²) in [5.41, 5.74) is 6.07. The zero-order chi connectivity index (χ0) is 15.8. The molecular formula is C16H29N3O2. The number of nitrogens with one attached hydrogen (secondary N) is 1. The third kappa shape index (κ3) is 3.23. The Balaban J connectivity index is 1.98.